The molecule has 0 heterocycles. The molecule has 0 aliphatic carbocycles. The number of hydrogen-bond donors (Lipinski definition) is 5. The molecule has 0 saturated heterocycles. The van der Waals surface area contributed by atoms with E-state index >= 15 is 0 Å². The monoisotopic (exact) mass is 430 g/mol. The van der Waals surface area contributed by atoms with Gasteiger partial charge < -0.3 is 20.1 Å². The van der Waals surface area contributed by atoms with Crippen molar-refractivity contribution in [2.75, 3.05) is 0 Å². The lowest BCUT2D eigenvalue weighted by molar-refractivity contribution is -0.134. The number of ether oxygens (including phenoxy) is 1. The van der Waals surface area contributed by atoms with Crippen LogP contribution in [-0.2, 0) is 22.6 Å². The topological polar surface area (TPSA) is 128 Å². The SMILES string of the molecule is CCCCC(=O)Oc1ccc(CNNC(=O)CCCCc2ccc(O)cc2)c(O)c1O. The van der Waals surface area contributed by atoms with Crippen LogP contribution in [0.25, 0.3) is 0 Å². The summed E-state index contributed by atoms with van der Waals surface area (Å²) in [7, 11) is 0. The summed E-state index contributed by atoms with van der Waals surface area (Å²) in [5.74, 6) is -1.44. The fourth-order valence-electron chi connectivity index (χ4n) is 2.90. The van der Waals surface area contributed by atoms with E-state index in [0.29, 0.717) is 24.8 Å². The minimum absolute atomic E-state index is 0.0860. The Morgan fingerprint density at radius 3 is 2.35 bits per heavy atom. The van der Waals surface area contributed by atoms with E-state index in [-0.39, 0.29) is 30.4 Å². The molecule has 0 aliphatic rings. The number of carbonyl (C=O) groups is 2. The maximum atomic E-state index is 11.9. The molecule has 0 aliphatic heterocycles. The molecule has 1 amide bonds. The average Bonchev–Trinajstić information content (AvgIpc) is 2.76. The summed E-state index contributed by atoms with van der Waals surface area (Å²) < 4.78 is 5.07. The predicted octanol–water partition coefficient (Wildman–Crippen LogP) is 3.43. The van der Waals surface area contributed by atoms with Gasteiger partial charge in [-0.1, -0.05) is 25.5 Å². The highest BCUT2D eigenvalue weighted by Gasteiger charge is 2.15. The van der Waals surface area contributed by atoms with Gasteiger partial charge in [0.15, 0.2) is 11.5 Å². The summed E-state index contributed by atoms with van der Waals surface area (Å²) in [6, 6.07) is 9.91. The number of nitrogens with one attached hydrogen (secondary N) is 2. The van der Waals surface area contributed by atoms with Gasteiger partial charge in [-0.25, -0.2) is 5.43 Å². The first-order valence-electron chi connectivity index (χ1n) is 10.4. The van der Waals surface area contributed by atoms with Gasteiger partial charge >= 0.3 is 5.97 Å². The molecule has 0 saturated carbocycles. The zero-order valence-electron chi connectivity index (χ0n) is 17.7. The second kappa shape index (κ2) is 12.4. The van der Waals surface area contributed by atoms with E-state index < -0.39 is 17.5 Å². The number of esters is 1. The van der Waals surface area contributed by atoms with Crippen molar-refractivity contribution in [1.82, 2.24) is 10.9 Å². The Morgan fingerprint density at radius 1 is 0.903 bits per heavy atom. The zero-order chi connectivity index (χ0) is 22.6. The summed E-state index contributed by atoms with van der Waals surface area (Å²) in [5.41, 5.74) is 6.72. The van der Waals surface area contributed by atoms with Gasteiger partial charge in [-0.15, -0.1) is 0 Å². The molecule has 2 rings (SSSR count). The smallest absolute Gasteiger partial charge is 0.311 e. The van der Waals surface area contributed by atoms with E-state index in [0.717, 1.165) is 24.8 Å². The Balaban J connectivity index is 1.70. The Hall–Kier alpha value is -3.26. The van der Waals surface area contributed by atoms with Gasteiger partial charge in [-0.2, -0.15) is 0 Å². The van der Waals surface area contributed by atoms with Crippen LogP contribution in [0.2, 0.25) is 0 Å². The Morgan fingerprint density at radius 2 is 1.65 bits per heavy atom. The third-order valence-corrected chi connectivity index (χ3v) is 4.72. The van der Waals surface area contributed by atoms with Crippen molar-refractivity contribution in [1.29, 1.82) is 0 Å². The van der Waals surface area contributed by atoms with E-state index in [2.05, 4.69) is 10.9 Å². The van der Waals surface area contributed by atoms with E-state index in [9.17, 15) is 24.9 Å². The fraction of sp³-hybridized carbons (Fsp3) is 0.391. The van der Waals surface area contributed by atoms with Gasteiger partial charge in [0, 0.05) is 24.9 Å². The number of benzene rings is 2. The minimum Gasteiger partial charge on any atom is -0.508 e. The van der Waals surface area contributed by atoms with E-state index in [4.69, 9.17) is 4.74 Å². The van der Waals surface area contributed by atoms with Crippen LogP contribution in [0.3, 0.4) is 0 Å². The number of aromatic hydroxyl groups is 3. The highest BCUT2D eigenvalue weighted by Crippen LogP contribution is 2.38. The summed E-state index contributed by atoms with van der Waals surface area (Å²) in [6.45, 7) is 2.04. The van der Waals surface area contributed by atoms with Crippen LogP contribution in [0, 0.1) is 0 Å². The van der Waals surface area contributed by atoms with E-state index in [1.165, 1.54) is 12.1 Å². The Kier molecular flexibility index (Phi) is 9.64. The predicted molar refractivity (Wildman–Crippen MR) is 116 cm³/mol. The minimum atomic E-state index is -0.510. The van der Waals surface area contributed by atoms with Crippen molar-refractivity contribution in [3.8, 4) is 23.0 Å². The van der Waals surface area contributed by atoms with Crippen LogP contribution in [0.4, 0.5) is 0 Å². The summed E-state index contributed by atoms with van der Waals surface area (Å²) in [4.78, 5) is 23.6. The van der Waals surface area contributed by atoms with Crippen molar-refractivity contribution in [2.45, 2.75) is 58.4 Å². The molecule has 2 aromatic carbocycles. The van der Waals surface area contributed by atoms with Crippen molar-refractivity contribution >= 4 is 11.9 Å². The highest BCUT2D eigenvalue weighted by molar-refractivity contribution is 5.75. The van der Waals surface area contributed by atoms with Gasteiger partial charge in [0.1, 0.15) is 5.75 Å². The molecule has 0 fully saturated rings. The second-order valence-corrected chi connectivity index (χ2v) is 7.27. The summed E-state index contributed by atoms with van der Waals surface area (Å²) in [6.07, 6.45) is 4.48. The van der Waals surface area contributed by atoms with Crippen LogP contribution in [0.5, 0.6) is 23.0 Å². The third kappa shape index (κ3) is 8.18. The zero-order valence-corrected chi connectivity index (χ0v) is 17.7. The van der Waals surface area contributed by atoms with Crippen LogP contribution in [0.15, 0.2) is 36.4 Å². The molecule has 8 nitrogen and oxygen atoms in total. The van der Waals surface area contributed by atoms with Gasteiger partial charge in [0.05, 0.1) is 0 Å². The quantitative estimate of drug-likeness (QED) is 0.115. The molecule has 0 atom stereocenters. The van der Waals surface area contributed by atoms with Gasteiger partial charge in [-0.05, 0) is 55.5 Å². The number of rotatable bonds is 12. The molecule has 2 aromatic rings. The van der Waals surface area contributed by atoms with Gasteiger partial charge in [0.2, 0.25) is 11.7 Å². The number of amides is 1. The van der Waals surface area contributed by atoms with Crippen LogP contribution < -0.4 is 15.6 Å². The molecule has 0 unspecified atom stereocenters. The first-order chi connectivity index (χ1) is 14.9. The van der Waals surface area contributed by atoms with Crippen LogP contribution in [-0.4, -0.2) is 27.2 Å². The molecule has 5 N–H and O–H groups in total. The second-order valence-electron chi connectivity index (χ2n) is 7.27. The lowest BCUT2D eigenvalue weighted by atomic mass is 10.1. The maximum absolute atomic E-state index is 11.9. The number of hydrazine groups is 1. The van der Waals surface area contributed by atoms with Crippen molar-refractivity contribution < 1.29 is 29.6 Å². The number of aryl methyl sites for hydroxylation is 1. The summed E-state index contributed by atoms with van der Waals surface area (Å²) >= 11 is 0. The van der Waals surface area contributed by atoms with Crippen molar-refractivity contribution in [3.05, 3.63) is 47.5 Å². The van der Waals surface area contributed by atoms with Gasteiger partial charge in [0.25, 0.3) is 0 Å². The normalized spacial score (nSPS) is 10.6. The van der Waals surface area contributed by atoms with Crippen molar-refractivity contribution in [3.63, 3.8) is 0 Å². The van der Waals surface area contributed by atoms with Crippen LogP contribution in [0.1, 0.15) is 56.6 Å². The number of hydrogen-bond acceptors (Lipinski definition) is 7. The molecule has 0 aromatic heterocycles. The molecule has 0 radical (unpaired) electrons. The number of phenols is 3. The molecule has 168 valence electrons. The third-order valence-electron chi connectivity index (χ3n) is 4.72. The average molecular weight is 431 g/mol. The first-order valence-corrected chi connectivity index (χ1v) is 10.4. The maximum Gasteiger partial charge on any atom is 0.311 e. The van der Waals surface area contributed by atoms with E-state index in [1.54, 1.807) is 12.1 Å². The fourth-order valence-corrected chi connectivity index (χ4v) is 2.90. The molecular formula is C23H30N2O6. The molecule has 0 spiro atoms. The molecule has 0 bridgehead atoms. The number of phenolic OH excluding ortho intramolecular Hbond substituents is 3. The Bertz CT molecular complexity index is 867. The van der Waals surface area contributed by atoms with Crippen LogP contribution >= 0.6 is 0 Å². The largest absolute Gasteiger partial charge is 0.508 e. The lowest BCUT2D eigenvalue weighted by Crippen LogP contribution is -2.36. The standard InChI is InChI=1S/C23H30N2O6/c1-2-3-8-21(28)31-19-14-11-17(22(29)23(19)30)15-24-25-20(27)7-5-4-6-16-9-12-18(26)13-10-16/h9-14,24,26,29-30H,2-8,15H2,1H3,(H,25,27). The Labute approximate surface area is 181 Å². The number of carbonyl (C=O) groups excluding carboxylic acids is 2. The van der Waals surface area contributed by atoms with E-state index in [1.807, 2.05) is 19.1 Å². The first kappa shape index (κ1) is 24.0. The highest BCUT2D eigenvalue weighted by atomic mass is 16.5. The lowest BCUT2D eigenvalue weighted by Gasteiger charge is -2.12. The number of unbranched alkanes of at least 4 members (excludes halogenated alkanes) is 2. The molecular weight excluding hydrogens is 400 g/mol. The van der Waals surface area contributed by atoms with Gasteiger partial charge in [-0.3, -0.25) is 15.0 Å². The molecule has 8 heteroatoms. The summed E-state index contributed by atoms with van der Waals surface area (Å²) in [5, 5.41) is 29.4. The van der Waals surface area contributed by atoms with Crippen molar-refractivity contribution in [2.24, 2.45) is 0 Å². The molecule has 31 heavy (non-hydrogen) atoms.